The first kappa shape index (κ1) is 26.7. The predicted octanol–water partition coefficient (Wildman–Crippen LogP) is 6.60. The number of urea groups is 1. The molecule has 0 spiro atoms. The molecule has 1 aliphatic heterocycles. The second-order valence-corrected chi connectivity index (χ2v) is 9.82. The Morgan fingerprint density at radius 1 is 0.775 bits per heavy atom. The zero-order valence-corrected chi connectivity index (χ0v) is 21.5. The molecular formula is C32H26F2N2O4. The van der Waals surface area contributed by atoms with Gasteiger partial charge < -0.3 is 15.3 Å². The number of aliphatic carboxylic acids is 1. The third-order valence-electron chi connectivity index (χ3n) is 7.25. The Morgan fingerprint density at radius 3 is 2.00 bits per heavy atom. The van der Waals surface area contributed by atoms with Crippen LogP contribution in [0, 0.1) is 24.5 Å². The Balaban J connectivity index is 1.71. The zero-order valence-electron chi connectivity index (χ0n) is 21.5. The van der Waals surface area contributed by atoms with Gasteiger partial charge >= 0.3 is 12.0 Å². The summed E-state index contributed by atoms with van der Waals surface area (Å²) >= 11 is 0. The number of hydrogen-bond acceptors (Lipinski definition) is 3. The van der Waals surface area contributed by atoms with Gasteiger partial charge in [-0.15, -0.1) is 0 Å². The van der Waals surface area contributed by atoms with Gasteiger partial charge in [0.2, 0.25) is 0 Å². The molecule has 4 aromatic rings. The van der Waals surface area contributed by atoms with Crippen molar-refractivity contribution in [1.29, 1.82) is 0 Å². The van der Waals surface area contributed by atoms with Crippen molar-refractivity contribution in [1.82, 2.24) is 4.90 Å². The number of hydrogen-bond donors (Lipinski definition) is 2. The lowest BCUT2D eigenvalue weighted by Crippen LogP contribution is -2.45. The van der Waals surface area contributed by atoms with Crippen LogP contribution in [0.5, 0.6) is 0 Å². The molecule has 202 valence electrons. The Kier molecular flexibility index (Phi) is 7.42. The van der Waals surface area contributed by atoms with Crippen LogP contribution >= 0.6 is 0 Å². The van der Waals surface area contributed by atoms with E-state index in [0.717, 1.165) is 5.56 Å². The van der Waals surface area contributed by atoms with Gasteiger partial charge in [0.1, 0.15) is 17.7 Å². The van der Waals surface area contributed by atoms with Gasteiger partial charge in [-0.1, -0.05) is 66.2 Å². The molecule has 2 N–H and O–H groups in total. The molecule has 1 aliphatic rings. The van der Waals surface area contributed by atoms with E-state index in [4.69, 9.17) is 0 Å². The Labute approximate surface area is 229 Å². The van der Waals surface area contributed by atoms with Gasteiger partial charge in [0, 0.05) is 17.2 Å². The lowest BCUT2D eigenvalue weighted by Gasteiger charge is -2.30. The lowest BCUT2D eigenvalue weighted by atomic mass is 9.76. The minimum absolute atomic E-state index is 0.258. The quantitative estimate of drug-likeness (QED) is 0.270. The SMILES string of the molecule is Cc1cccc(C(=O)C2C(c3ccc(F)cc3)C(C(=O)O)N(C(=O)Nc3ccc(F)cc3)C2c2ccccc2)c1. The number of rotatable bonds is 6. The first-order valence-corrected chi connectivity index (χ1v) is 12.7. The Hall–Kier alpha value is -4.85. The highest BCUT2D eigenvalue weighted by molar-refractivity contribution is 6.02. The van der Waals surface area contributed by atoms with E-state index in [-0.39, 0.29) is 11.5 Å². The summed E-state index contributed by atoms with van der Waals surface area (Å²) in [5.41, 5.74) is 2.47. The number of amides is 2. The molecule has 0 aromatic heterocycles. The van der Waals surface area contributed by atoms with Crippen LogP contribution < -0.4 is 5.32 Å². The molecule has 0 bridgehead atoms. The van der Waals surface area contributed by atoms with Crippen molar-refractivity contribution in [3.05, 3.63) is 137 Å². The highest BCUT2D eigenvalue weighted by atomic mass is 19.1. The summed E-state index contributed by atoms with van der Waals surface area (Å²) in [5.74, 6) is -4.69. The van der Waals surface area contributed by atoms with E-state index in [1.54, 1.807) is 48.5 Å². The van der Waals surface area contributed by atoms with Gasteiger partial charge in [-0.25, -0.2) is 18.4 Å². The van der Waals surface area contributed by atoms with Crippen molar-refractivity contribution in [2.45, 2.75) is 24.9 Å². The number of halogens is 2. The van der Waals surface area contributed by atoms with Crippen LogP contribution in [0.1, 0.15) is 39.0 Å². The number of nitrogens with one attached hydrogen (secondary N) is 1. The van der Waals surface area contributed by atoms with Gasteiger partial charge in [-0.3, -0.25) is 4.79 Å². The van der Waals surface area contributed by atoms with E-state index in [0.29, 0.717) is 16.7 Å². The van der Waals surface area contributed by atoms with Crippen LogP contribution in [-0.2, 0) is 4.79 Å². The highest BCUT2D eigenvalue weighted by Crippen LogP contribution is 2.51. The van der Waals surface area contributed by atoms with Crippen molar-refractivity contribution < 1.29 is 28.3 Å². The van der Waals surface area contributed by atoms with Crippen LogP contribution in [0.25, 0.3) is 0 Å². The third-order valence-corrected chi connectivity index (χ3v) is 7.25. The molecular weight excluding hydrogens is 514 g/mol. The largest absolute Gasteiger partial charge is 0.480 e. The highest BCUT2D eigenvalue weighted by Gasteiger charge is 2.57. The van der Waals surface area contributed by atoms with E-state index >= 15 is 0 Å². The van der Waals surface area contributed by atoms with Gasteiger partial charge in [-0.2, -0.15) is 0 Å². The number of likely N-dealkylation sites (tertiary alicyclic amines) is 1. The summed E-state index contributed by atoms with van der Waals surface area (Å²) in [4.78, 5) is 42.3. The molecule has 6 nitrogen and oxygen atoms in total. The number of carbonyl (C=O) groups excluding carboxylic acids is 2. The van der Waals surface area contributed by atoms with Crippen LogP contribution in [0.2, 0.25) is 0 Å². The van der Waals surface area contributed by atoms with Crippen molar-refractivity contribution in [3.63, 3.8) is 0 Å². The predicted molar refractivity (Wildman–Crippen MR) is 146 cm³/mol. The summed E-state index contributed by atoms with van der Waals surface area (Å²) in [5, 5.41) is 13.2. The van der Waals surface area contributed by atoms with Crippen LogP contribution in [0.15, 0.2) is 103 Å². The minimum atomic E-state index is -1.48. The summed E-state index contributed by atoms with van der Waals surface area (Å²) in [6.45, 7) is 1.85. The molecule has 40 heavy (non-hydrogen) atoms. The molecule has 1 saturated heterocycles. The molecule has 4 aromatic carbocycles. The molecule has 1 heterocycles. The monoisotopic (exact) mass is 540 g/mol. The molecule has 8 heteroatoms. The van der Waals surface area contributed by atoms with Crippen molar-refractivity contribution in [2.75, 3.05) is 5.32 Å². The van der Waals surface area contributed by atoms with Crippen molar-refractivity contribution >= 4 is 23.5 Å². The van der Waals surface area contributed by atoms with E-state index in [1.807, 2.05) is 13.0 Å². The molecule has 1 fully saturated rings. The zero-order chi connectivity index (χ0) is 28.4. The molecule has 4 atom stereocenters. The smallest absolute Gasteiger partial charge is 0.327 e. The molecule has 2 amide bonds. The Bertz CT molecular complexity index is 1540. The van der Waals surface area contributed by atoms with E-state index < -0.39 is 47.6 Å². The first-order chi connectivity index (χ1) is 19.2. The maximum absolute atomic E-state index is 14.3. The first-order valence-electron chi connectivity index (χ1n) is 12.7. The van der Waals surface area contributed by atoms with Gasteiger partial charge in [0.15, 0.2) is 5.78 Å². The maximum Gasteiger partial charge on any atom is 0.327 e. The number of nitrogens with zero attached hydrogens (tertiary/aromatic N) is 1. The number of carboxylic acids is 1. The fraction of sp³-hybridized carbons (Fsp3) is 0.156. The van der Waals surface area contributed by atoms with Crippen LogP contribution in [0.3, 0.4) is 0 Å². The Morgan fingerprint density at radius 2 is 1.40 bits per heavy atom. The molecule has 0 saturated carbocycles. The van der Waals surface area contributed by atoms with E-state index in [2.05, 4.69) is 5.32 Å². The average Bonchev–Trinajstić information content (AvgIpc) is 3.31. The molecule has 5 rings (SSSR count). The number of aryl methyl sites for hydroxylation is 1. The number of ketones is 1. The summed E-state index contributed by atoms with van der Waals surface area (Å²) in [6.07, 6.45) is 0. The second kappa shape index (κ2) is 11.1. The summed E-state index contributed by atoms with van der Waals surface area (Å²) in [7, 11) is 0. The normalized spacial score (nSPS) is 20.2. The van der Waals surface area contributed by atoms with Gasteiger partial charge in [-0.05, 0) is 60.5 Å². The number of anilines is 1. The van der Waals surface area contributed by atoms with Gasteiger partial charge in [0.25, 0.3) is 0 Å². The summed E-state index contributed by atoms with van der Waals surface area (Å²) in [6, 6.07) is 22.9. The van der Waals surface area contributed by atoms with E-state index in [9.17, 15) is 28.3 Å². The molecule has 0 aliphatic carbocycles. The topological polar surface area (TPSA) is 86.7 Å². The second-order valence-electron chi connectivity index (χ2n) is 9.82. The fourth-order valence-electron chi connectivity index (χ4n) is 5.55. The number of carbonyl (C=O) groups is 3. The van der Waals surface area contributed by atoms with Crippen molar-refractivity contribution in [3.8, 4) is 0 Å². The number of benzene rings is 4. The minimum Gasteiger partial charge on any atom is -0.480 e. The standard InChI is InChI=1S/C32H26F2N2O4/c1-19-6-5-9-22(18-19)30(37)27-26(20-10-12-23(33)13-11-20)29(31(38)39)36(28(27)21-7-3-2-4-8-21)32(40)35-25-16-14-24(34)15-17-25/h2-18,26-29H,1H3,(H,35,40)(H,38,39). The van der Waals surface area contributed by atoms with Crippen LogP contribution in [-0.4, -0.2) is 33.8 Å². The third kappa shape index (κ3) is 5.20. The van der Waals surface area contributed by atoms with Crippen molar-refractivity contribution in [2.24, 2.45) is 5.92 Å². The van der Waals surface area contributed by atoms with Gasteiger partial charge in [0.05, 0.1) is 12.0 Å². The number of carboxylic acid groups (broad SMARTS) is 1. The average molecular weight is 541 g/mol. The molecule has 0 radical (unpaired) electrons. The number of Topliss-reactive ketones (excluding diaryl/α,β-unsaturated/α-hetero) is 1. The summed E-state index contributed by atoms with van der Waals surface area (Å²) < 4.78 is 27.4. The van der Waals surface area contributed by atoms with Crippen LogP contribution in [0.4, 0.5) is 19.3 Å². The van der Waals surface area contributed by atoms with E-state index in [1.165, 1.54) is 53.4 Å². The molecule has 4 unspecified atom stereocenters. The lowest BCUT2D eigenvalue weighted by molar-refractivity contribution is -0.142. The maximum atomic E-state index is 14.3. The fourth-order valence-corrected chi connectivity index (χ4v) is 5.55.